The normalized spacial score (nSPS) is 27.8. The predicted octanol–water partition coefficient (Wildman–Crippen LogP) is 1.45. The number of hydrogen-bond donors (Lipinski definition) is 0. The average Bonchev–Trinajstić information content (AvgIpc) is 2.77. The van der Waals surface area contributed by atoms with Gasteiger partial charge in [0, 0.05) is 12.1 Å². The summed E-state index contributed by atoms with van der Waals surface area (Å²) in [5.74, 6) is 0. The summed E-state index contributed by atoms with van der Waals surface area (Å²) in [6.07, 6.45) is 12.0. The Morgan fingerprint density at radius 1 is 0.750 bits per heavy atom. The van der Waals surface area contributed by atoms with E-state index in [1.807, 2.05) is 0 Å². The predicted molar refractivity (Wildman–Crippen MR) is 56.3 cm³/mol. The fraction of sp³-hybridized carbons (Fsp3) is 1.00. The van der Waals surface area contributed by atoms with Crippen LogP contribution in [-0.4, -0.2) is 27.1 Å². The second kappa shape index (κ2) is 3.92. The molecule has 2 rings (SSSR count). The van der Waals surface area contributed by atoms with E-state index >= 15 is 0 Å². The Morgan fingerprint density at radius 2 is 1.08 bits per heavy atom. The molecule has 70 valence electrons. The first-order valence-corrected chi connectivity index (χ1v) is 6.49. The molecule has 2 aliphatic rings. The molecule has 0 aromatic rings. The van der Waals surface area contributed by atoms with Crippen LogP contribution in [-0.2, 0) is 0 Å². The van der Waals surface area contributed by atoms with Gasteiger partial charge in [-0.3, -0.25) is 0 Å². The van der Waals surface area contributed by atoms with Crippen molar-refractivity contribution in [3.8, 4) is 0 Å². The summed E-state index contributed by atoms with van der Waals surface area (Å²) in [7, 11) is 1.31. The highest BCUT2D eigenvalue weighted by molar-refractivity contribution is 6.04. The molecule has 0 aromatic carbocycles. The van der Waals surface area contributed by atoms with Crippen molar-refractivity contribution in [3.63, 3.8) is 0 Å². The van der Waals surface area contributed by atoms with Crippen molar-refractivity contribution >= 4 is 10.4 Å². The molecule has 0 heterocycles. The molecule has 2 aliphatic carbocycles. The van der Waals surface area contributed by atoms with Gasteiger partial charge in [-0.2, -0.15) is 0 Å². The van der Waals surface area contributed by atoms with Crippen molar-refractivity contribution in [2.75, 3.05) is 0 Å². The minimum Gasteiger partial charge on any atom is -0.327 e. The highest BCUT2D eigenvalue weighted by Gasteiger charge is 2.26. The van der Waals surface area contributed by atoms with Gasteiger partial charge in [0.15, 0.2) is 0 Å². The van der Waals surface area contributed by atoms with Crippen molar-refractivity contribution < 1.29 is 0 Å². The molecule has 0 bridgehead atoms. The number of hydrogen-bond acceptors (Lipinski definition) is 1. The fourth-order valence-corrected chi connectivity index (χ4v) is 3.95. The van der Waals surface area contributed by atoms with Gasteiger partial charge in [0.2, 0.25) is 0 Å². The van der Waals surface area contributed by atoms with Crippen LogP contribution in [0.2, 0.25) is 0 Å². The highest BCUT2D eigenvalue weighted by Crippen LogP contribution is 2.29. The van der Waals surface area contributed by atoms with Crippen LogP contribution in [0.4, 0.5) is 0 Å². The van der Waals surface area contributed by atoms with Crippen LogP contribution in [0.25, 0.3) is 0 Å². The summed E-state index contributed by atoms with van der Waals surface area (Å²) in [6.45, 7) is 0. The zero-order chi connectivity index (χ0) is 8.39. The molecule has 0 unspecified atom stereocenters. The summed E-state index contributed by atoms with van der Waals surface area (Å²) in [5, 5.41) is 0. The van der Waals surface area contributed by atoms with Crippen LogP contribution < -0.4 is 0 Å². The van der Waals surface area contributed by atoms with E-state index in [1.54, 1.807) is 0 Å². The smallest absolute Gasteiger partial charge is 0.0791 e. The van der Waals surface area contributed by atoms with Crippen molar-refractivity contribution in [1.29, 1.82) is 0 Å². The standard InChI is InChI=1S/C10H21NSi/c12-11(9-5-1-2-6-9)10-7-3-4-8-10/h9-10H,1-8H2,12H3. The molecule has 0 amide bonds. The summed E-state index contributed by atoms with van der Waals surface area (Å²) in [5.41, 5.74) is 0. The van der Waals surface area contributed by atoms with Gasteiger partial charge in [-0.25, -0.2) is 0 Å². The molecular formula is C10H21NSi. The Labute approximate surface area is 79.0 Å². The summed E-state index contributed by atoms with van der Waals surface area (Å²) >= 11 is 0. The van der Waals surface area contributed by atoms with Crippen molar-refractivity contribution in [2.24, 2.45) is 0 Å². The molecule has 0 atom stereocenters. The zero-order valence-corrected chi connectivity index (χ0v) is 10.3. The van der Waals surface area contributed by atoms with Crippen molar-refractivity contribution in [1.82, 2.24) is 4.57 Å². The summed E-state index contributed by atoms with van der Waals surface area (Å²) in [6, 6.07) is 2.00. The molecule has 12 heavy (non-hydrogen) atoms. The topological polar surface area (TPSA) is 3.24 Å². The molecular weight excluding hydrogens is 162 g/mol. The molecule has 1 nitrogen and oxygen atoms in total. The third kappa shape index (κ3) is 1.74. The van der Waals surface area contributed by atoms with E-state index in [2.05, 4.69) is 4.57 Å². The van der Waals surface area contributed by atoms with E-state index in [9.17, 15) is 0 Å². The minimum absolute atomic E-state index is 1.000. The average molecular weight is 183 g/mol. The van der Waals surface area contributed by atoms with Gasteiger partial charge in [0.1, 0.15) is 0 Å². The molecule has 0 radical (unpaired) electrons. The Morgan fingerprint density at radius 3 is 1.42 bits per heavy atom. The molecule has 2 heteroatoms. The fourth-order valence-electron chi connectivity index (χ4n) is 2.92. The van der Waals surface area contributed by atoms with E-state index < -0.39 is 0 Å². The Balaban J connectivity index is 1.84. The van der Waals surface area contributed by atoms with E-state index in [-0.39, 0.29) is 0 Å². The van der Waals surface area contributed by atoms with Crippen LogP contribution in [0.5, 0.6) is 0 Å². The van der Waals surface area contributed by atoms with E-state index in [0.29, 0.717) is 0 Å². The Bertz CT molecular complexity index is 121. The van der Waals surface area contributed by atoms with Crippen LogP contribution in [0.3, 0.4) is 0 Å². The maximum absolute atomic E-state index is 2.82. The summed E-state index contributed by atoms with van der Waals surface area (Å²) < 4.78 is 2.82. The Hall–Kier alpha value is 0.177. The minimum atomic E-state index is 1.000. The number of nitrogens with zero attached hydrogens (tertiary/aromatic N) is 1. The second-order valence-electron chi connectivity index (χ2n) is 4.54. The lowest BCUT2D eigenvalue weighted by molar-refractivity contribution is 0.263. The van der Waals surface area contributed by atoms with E-state index in [0.717, 1.165) is 12.1 Å². The monoisotopic (exact) mass is 183 g/mol. The second-order valence-corrected chi connectivity index (χ2v) is 5.57. The maximum atomic E-state index is 2.82. The van der Waals surface area contributed by atoms with Gasteiger partial charge in [-0.05, 0) is 25.7 Å². The van der Waals surface area contributed by atoms with E-state index in [1.165, 1.54) is 61.8 Å². The highest BCUT2D eigenvalue weighted by atomic mass is 28.2. The Kier molecular flexibility index (Phi) is 2.86. The quantitative estimate of drug-likeness (QED) is 0.586. The van der Waals surface area contributed by atoms with Crippen LogP contribution >= 0.6 is 0 Å². The molecule has 2 saturated carbocycles. The molecule has 0 aromatic heterocycles. The van der Waals surface area contributed by atoms with Gasteiger partial charge >= 0.3 is 0 Å². The van der Waals surface area contributed by atoms with E-state index in [4.69, 9.17) is 0 Å². The van der Waals surface area contributed by atoms with Crippen LogP contribution in [0.15, 0.2) is 0 Å². The SMILES string of the molecule is [SiH3]N(C1CCCC1)C1CCCC1. The number of rotatable bonds is 2. The molecule has 0 aliphatic heterocycles. The molecule has 2 fully saturated rings. The van der Waals surface area contributed by atoms with Crippen molar-refractivity contribution in [2.45, 2.75) is 63.5 Å². The first-order valence-electron chi connectivity index (χ1n) is 5.60. The first-order chi connectivity index (χ1) is 5.88. The van der Waals surface area contributed by atoms with Crippen LogP contribution in [0, 0.1) is 0 Å². The van der Waals surface area contributed by atoms with Gasteiger partial charge in [-0.1, -0.05) is 25.7 Å². The molecule has 0 N–H and O–H groups in total. The van der Waals surface area contributed by atoms with Gasteiger partial charge in [-0.15, -0.1) is 0 Å². The third-order valence-electron chi connectivity index (χ3n) is 3.80. The van der Waals surface area contributed by atoms with Crippen LogP contribution in [0.1, 0.15) is 51.4 Å². The largest absolute Gasteiger partial charge is 0.327 e. The lowest BCUT2D eigenvalue weighted by Gasteiger charge is -2.30. The lowest BCUT2D eigenvalue weighted by Crippen LogP contribution is -2.38. The molecule has 0 spiro atoms. The van der Waals surface area contributed by atoms with Crippen molar-refractivity contribution in [3.05, 3.63) is 0 Å². The van der Waals surface area contributed by atoms with Gasteiger partial charge < -0.3 is 4.57 Å². The third-order valence-corrected chi connectivity index (χ3v) is 5.26. The maximum Gasteiger partial charge on any atom is 0.0791 e. The summed E-state index contributed by atoms with van der Waals surface area (Å²) in [4.78, 5) is 0. The zero-order valence-electron chi connectivity index (χ0n) is 8.26. The van der Waals surface area contributed by atoms with Gasteiger partial charge in [0.25, 0.3) is 0 Å². The van der Waals surface area contributed by atoms with Gasteiger partial charge in [0.05, 0.1) is 10.4 Å². The lowest BCUT2D eigenvalue weighted by atomic mass is 10.2. The first kappa shape index (κ1) is 8.76. The molecule has 0 saturated heterocycles.